The molecule has 1 saturated heterocycles. The largest absolute Gasteiger partial charge is 0.495 e. The first-order valence-electron chi connectivity index (χ1n) is 10.5. The summed E-state index contributed by atoms with van der Waals surface area (Å²) < 4.78 is 73.4. The number of methoxy groups -OCH3 is 1. The van der Waals surface area contributed by atoms with Gasteiger partial charge in [-0.3, -0.25) is 4.72 Å². The molecule has 8 nitrogen and oxygen atoms in total. The number of para-hydroxylation sites is 2. The fourth-order valence-corrected chi connectivity index (χ4v) is 6.21. The summed E-state index contributed by atoms with van der Waals surface area (Å²) in [5.74, 6) is 0.190. The van der Waals surface area contributed by atoms with Crippen molar-refractivity contribution < 1.29 is 26.0 Å². The average Bonchev–Trinajstić information content (AvgIpc) is 2.84. The molecule has 3 aromatic carbocycles. The molecule has 3 aromatic rings. The van der Waals surface area contributed by atoms with Crippen molar-refractivity contribution in [2.24, 2.45) is 0 Å². The highest BCUT2D eigenvalue weighted by Gasteiger charge is 2.29. The summed E-state index contributed by atoms with van der Waals surface area (Å²) in [6, 6.07) is 17.5. The van der Waals surface area contributed by atoms with Crippen molar-refractivity contribution in [2.45, 2.75) is 9.79 Å². The molecule has 1 fully saturated rings. The number of halogens is 1. The summed E-state index contributed by atoms with van der Waals surface area (Å²) in [7, 11) is -6.07. The van der Waals surface area contributed by atoms with Gasteiger partial charge in [-0.1, -0.05) is 12.1 Å². The molecule has 1 aliphatic rings. The minimum Gasteiger partial charge on any atom is -0.495 e. The Morgan fingerprint density at radius 3 is 2.00 bits per heavy atom. The third kappa shape index (κ3) is 5.01. The molecule has 180 valence electrons. The van der Waals surface area contributed by atoms with Crippen molar-refractivity contribution in [1.29, 1.82) is 0 Å². The van der Waals surface area contributed by atoms with Gasteiger partial charge in [0.15, 0.2) is 0 Å². The molecule has 1 N–H and O–H groups in total. The first kappa shape index (κ1) is 24.0. The average molecular weight is 506 g/mol. The predicted molar refractivity (Wildman–Crippen MR) is 128 cm³/mol. The second-order valence-electron chi connectivity index (χ2n) is 7.65. The molecule has 0 aromatic heterocycles. The van der Waals surface area contributed by atoms with Crippen LogP contribution in [0, 0.1) is 5.82 Å². The van der Waals surface area contributed by atoms with Crippen molar-refractivity contribution in [3.63, 3.8) is 0 Å². The standard InChI is InChI=1S/C23H24FN3O5S2/c1-32-23-5-3-2-4-22(23)26-14-16-27(17-15-26)34(30,31)21-12-8-19(9-13-21)25-33(28,29)20-10-6-18(24)7-11-20/h2-13,25H,14-17H2,1H3. The van der Waals surface area contributed by atoms with Gasteiger partial charge in [0.05, 0.1) is 22.6 Å². The first-order valence-corrected chi connectivity index (χ1v) is 13.4. The van der Waals surface area contributed by atoms with E-state index in [0.717, 1.165) is 35.7 Å². The number of benzene rings is 3. The van der Waals surface area contributed by atoms with Crippen LogP contribution in [0.2, 0.25) is 0 Å². The fourth-order valence-electron chi connectivity index (χ4n) is 3.73. The minimum atomic E-state index is -3.93. The van der Waals surface area contributed by atoms with E-state index in [0.29, 0.717) is 26.2 Å². The van der Waals surface area contributed by atoms with Crippen molar-refractivity contribution in [3.05, 3.63) is 78.6 Å². The van der Waals surface area contributed by atoms with E-state index in [1.165, 1.54) is 28.6 Å². The number of hydrogen-bond donors (Lipinski definition) is 1. The third-order valence-corrected chi connectivity index (χ3v) is 8.84. The monoisotopic (exact) mass is 505 g/mol. The molecule has 11 heteroatoms. The molecule has 0 atom stereocenters. The lowest BCUT2D eigenvalue weighted by molar-refractivity contribution is 0.378. The molecular weight excluding hydrogens is 481 g/mol. The van der Waals surface area contributed by atoms with Gasteiger partial charge in [-0.25, -0.2) is 21.2 Å². The van der Waals surface area contributed by atoms with Gasteiger partial charge >= 0.3 is 0 Å². The fraction of sp³-hybridized carbons (Fsp3) is 0.217. The molecule has 0 radical (unpaired) electrons. The van der Waals surface area contributed by atoms with Crippen molar-refractivity contribution >= 4 is 31.4 Å². The molecule has 0 saturated carbocycles. The molecule has 0 spiro atoms. The number of rotatable bonds is 7. The molecule has 0 bridgehead atoms. The lowest BCUT2D eigenvalue weighted by atomic mass is 10.2. The predicted octanol–water partition coefficient (Wildman–Crippen LogP) is 3.15. The number of anilines is 2. The zero-order valence-electron chi connectivity index (χ0n) is 18.4. The maximum absolute atomic E-state index is 13.1. The highest BCUT2D eigenvalue weighted by molar-refractivity contribution is 7.92. The van der Waals surface area contributed by atoms with E-state index in [4.69, 9.17) is 4.74 Å². The minimum absolute atomic E-state index is 0.0722. The Morgan fingerprint density at radius 2 is 1.38 bits per heavy atom. The van der Waals surface area contributed by atoms with Gasteiger partial charge in [0, 0.05) is 31.9 Å². The van der Waals surface area contributed by atoms with Crippen LogP contribution in [0.1, 0.15) is 0 Å². The topological polar surface area (TPSA) is 96.0 Å². The van der Waals surface area contributed by atoms with Crippen molar-refractivity contribution in [2.75, 3.05) is 42.9 Å². The summed E-state index contributed by atoms with van der Waals surface area (Å²) in [6.45, 7) is 1.63. The lowest BCUT2D eigenvalue weighted by Gasteiger charge is -2.35. The number of hydrogen-bond acceptors (Lipinski definition) is 6. The van der Waals surface area contributed by atoms with Gasteiger partial charge in [-0.05, 0) is 60.7 Å². The third-order valence-electron chi connectivity index (χ3n) is 5.53. The van der Waals surface area contributed by atoms with E-state index >= 15 is 0 Å². The van der Waals surface area contributed by atoms with Gasteiger partial charge in [0.1, 0.15) is 11.6 Å². The van der Waals surface area contributed by atoms with Crippen LogP contribution in [0.4, 0.5) is 15.8 Å². The van der Waals surface area contributed by atoms with Crippen LogP contribution >= 0.6 is 0 Å². The molecule has 4 rings (SSSR count). The van der Waals surface area contributed by atoms with Gasteiger partial charge in [0.25, 0.3) is 10.0 Å². The quantitative estimate of drug-likeness (QED) is 0.530. The Morgan fingerprint density at radius 1 is 0.794 bits per heavy atom. The van der Waals surface area contributed by atoms with Gasteiger partial charge in [0.2, 0.25) is 10.0 Å². The van der Waals surface area contributed by atoms with Crippen LogP contribution in [0.3, 0.4) is 0 Å². The molecule has 0 unspecified atom stereocenters. The Kier molecular flexibility index (Phi) is 6.78. The van der Waals surface area contributed by atoms with Crippen LogP contribution in [0.15, 0.2) is 82.6 Å². The molecule has 1 aliphatic heterocycles. The maximum Gasteiger partial charge on any atom is 0.261 e. The Hall–Kier alpha value is -3.15. The van der Waals surface area contributed by atoms with Crippen LogP contribution in [0.25, 0.3) is 0 Å². The molecular formula is C23H24FN3O5S2. The number of sulfonamides is 2. The summed E-state index contributed by atoms with van der Waals surface area (Å²) in [5, 5.41) is 0. The van der Waals surface area contributed by atoms with E-state index in [1.54, 1.807) is 7.11 Å². The zero-order valence-corrected chi connectivity index (χ0v) is 20.0. The number of nitrogens with zero attached hydrogens (tertiary/aromatic N) is 2. The number of ether oxygens (including phenoxy) is 1. The van der Waals surface area contributed by atoms with E-state index < -0.39 is 25.9 Å². The van der Waals surface area contributed by atoms with Gasteiger partial charge < -0.3 is 9.64 Å². The number of piperazine rings is 1. The van der Waals surface area contributed by atoms with E-state index in [2.05, 4.69) is 9.62 Å². The summed E-state index contributed by atoms with van der Waals surface area (Å²) >= 11 is 0. The summed E-state index contributed by atoms with van der Waals surface area (Å²) in [4.78, 5) is 2.06. The smallest absolute Gasteiger partial charge is 0.261 e. The zero-order chi connectivity index (χ0) is 24.3. The van der Waals surface area contributed by atoms with E-state index in [1.807, 2.05) is 24.3 Å². The Balaban J connectivity index is 1.44. The first-order chi connectivity index (χ1) is 16.2. The van der Waals surface area contributed by atoms with Crippen molar-refractivity contribution in [1.82, 2.24) is 4.31 Å². The van der Waals surface area contributed by atoms with Crippen LogP contribution in [-0.2, 0) is 20.0 Å². The van der Waals surface area contributed by atoms with Crippen molar-refractivity contribution in [3.8, 4) is 5.75 Å². The Bertz CT molecular complexity index is 1350. The van der Waals surface area contributed by atoms with E-state index in [-0.39, 0.29) is 15.5 Å². The summed E-state index contributed by atoms with van der Waals surface area (Å²) in [5.41, 5.74) is 1.11. The SMILES string of the molecule is COc1ccccc1N1CCN(S(=O)(=O)c2ccc(NS(=O)(=O)c3ccc(F)cc3)cc2)CC1. The van der Waals surface area contributed by atoms with Crippen LogP contribution in [-0.4, -0.2) is 54.4 Å². The summed E-state index contributed by atoms with van der Waals surface area (Å²) in [6.07, 6.45) is 0. The van der Waals surface area contributed by atoms with E-state index in [9.17, 15) is 21.2 Å². The second-order valence-corrected chi connectivity index (χ2v) is 11.3. The highest BCUT2D eigenvalue weighted by atomic mass is 32.2. The van der Waals surface area contributed by atoms with Gasteiger partial charge in [-0.15, -0.1) is 0 Å². The molecule has 0 amide bonds. The molecule has 0 aliphatic carbocycles. The lowest BCUT2D eigenvalue weighted by Crippen LogP contribution is -2.48. The normalized spacial score (nSPS) is 15.2. The maximum atomic E-state index is 13.1. The number of nitrogens with one attached hydrogen (secondary N) is 1. The van der Waals surface area contributed by atoms with Crippen LogP contribution < -0.4 is 14.4 Å². The Labute approximate surface area is 198 Å². The second kappa shape index (κ2) is 9.61. The van der Waals surface area contributed by atoms with Gasteiger partial charge in [-0.2, -0.15) is 4.31 Å². The molecule has 1 heterocycles. The highest BCUT2D eigenvalue weighted by Crippen LogP contribution is 2.29. The van der Waals surface area contributed by atoms with Crippen LogP contribution in [0.5, 0.6) is 5.75 Å². The molecule has 34 heavy (non-hydrogen) atoms.